The van der Waals surface area contributed by atoms with Gasteiger partial charge in [0.1, 0.15) is 5.82 Å². The molecule has 3 aromatic carbocycles. The zero-order chi connectivity index (χ0) is 23.7. The molecule has 0 bridgehead atoms. The Kier molecular flexibility index (Phi) is 5.64. The zero-order valence-corrected chi connectivity index (χ0v) is 18.9. The molecule has 0 aliphatic rings. The lowest BCUT2D eigenvalue weighted by molar-refractivity contribution is 0.0941. The maximum absolute atomic E-state index is 13.4. The summed E-state index contributed by atoms with van der Waals surface area (Å²) < 4.78 is 15.1. The lowest BCUT2D eigenvalue weighted by atomic mass is 10.0. The molecular formula is C28H23FN4O. The Morgan fingerprint density at radius 3 is 2.44 bits per heavy atom. The summed E-state index contributed by atoms with van der Waals surface area (Å²) in [6.45, 7) is 3.90. The maximum Gasteiger partial charge on any atom is 0.252 e. The van der Waals surface area contributed by atoms with Gasteiger partial charge in [0.15, 0.2) is 0 Å². The Bertz CT molecular complexity index is 1480. The van der Waals surface area contributed by atoms with E-state index in [4.69, 9.17) is 4.98 Å². The molecule has 0 radical (unpaired) electrons. The number of carbonyl (C=O) groups is 1. The topological polar surface area (TPSA) is 59.8 Å². The van der Waals surface area contributed by atoms with Crippen molar-refractivity contribution in [3.63, 3.8) is 0 Å². The van der Waals surface area contributed by atoms with Gasteiger partial charge >= 0.3 is 0 Å². The number of amides is 1. The molecule has 1 N–H and O–H groups in total. The number of nitrogens with zero attached hydrogens (tertiary/aromatic N) is 3. The summed E-state index contributed by atoms with van der Waals surface area (Å²) in [5, 5.41) is 8.38. The second kappa shape index (κ2) is 8.90. The zero-order valence-electron chi connectivity index (χ0n) is 18.9. The second-order valence-electron chi connectivity index (χ2n) is 8.21. The van der Waals surface area contributed by atoms with Gasteiger partial charge in [-0.25, -0.2) is 14.1 Å². The van der Waals surface area contributed by atoms with E-state index in [-0.39, 0.29) is 17.8 Å². The lowest BCUT2D eigenvalue weighted by Crippen LogP contribution is -2.27. The van der Waals surface area contributed by atoms with E-state index in [0.717, 1.165) is 33.4 Å². The Labute approximate surface area is 196 Å². The predicted molar refractivity (Wildman–Crippen MR) is 131 cm³/mol. The molecule has 5 rings (SSSR count). The molecule has 168 valence electrons. The van der Waals surface area contributed by atoms with Crippen LogP contribution in [0.4, 0.5) is 4.39 Å². The third kappa shape index (κ3) is 4.06. The average Bonchev–Trinajstić information content (AvgIpc) is 3.25. The molecule has 1 amide bonds. The normalized spacial score (nSPS) is 12.0. The first-order valence-corrected chi connectivity index (χ1v) is 11.1. The first-order valence-electron chi connectivity index (χ1n) is 11.1. The first kappa shape index (κ1) is 21.5. The molecule has 0 saturated carbocycles. The predicted octanol–water partition coefficient (Wildman–Crippen LogP) is 6.03. The fraction of sp³-hybridized carbons (Fsp3) is 0.107. The minimum absolute atomic E-state index is 0.146. The molecule has 6 heteroatoms. The van der Waals surface area contributed by atoms with Gasteiger partial charge in [-0.05, 0) is 55.8 Å². The van der Waals surface area contributed by atoms with E-state index in [1.165, 1.54) is 12.1 Å². The minimum atomic E-state index is -0.301. The van der Waals surface area contributed by atoms with Crippen molar-refractivity contribution >= 4 is 16.8 Å². The summed E-state index contributed by atoms with van der Waals surface area (Å²) in [5.41, 5.74) is 5.37. The molecule has 2 heterocycles. The Hall–Kier alpha value is -4.32. The van der Waals surface area contributed by atoms with Crippen LogP contribution < -0.4 is 5.32 Å². The highest BCUT2D eigenvalue weighted by atomic mass is 19.1. The lowest BCUT2D eigenvalue weighted by Gasteiger charge is -2.16. The Balaban J connectivity index is 1.55. The highest BCUT2D eigenvalue weighted by molar-refractivity contribution is 6.07. The maximum atomic E-state index is 13.4. The largest absolute Gasteiger partial charge is 0.345 e. The molecule has 0 aliphatic heterocycles. The second-order valence-corrected chi connectivity index (χ2v) is 8.21. The number of halogens is 1. The standard InChI is InChI=1S/C28H23FN4O/c1-18(20-8-4-3-5-9-20)31-28(34)24-16-27(32-26-11-7-6-10-23(24)26)25-17-30-33(19(25)2)22-14-12-21(29)13-15-22/h3-18H,1-2H3,(H,31,34)/t18-/m1/s1. The molecular weight excluding hydrogens is 427 g/mol. The van der Waals surface area contributed by atoms with E-state index in [0.29, 0.717) is 11.3 Å². The van der Waals surface area contributed by atoms with Crippen LogP contribution in [-0.2, 0) is 0 Å². The van der Waals surface area contributed by atoms with Crippen LogP contribution in [0.1, 0.15) is 34.6 Å². The third-order valence-electron chi connectivity index (χ3n) is 5.96. The molecule has 0 aliphatic carbocycles. The first-order chi connectivity index (χ1) is 16.5. The van der Waals surface area contributed by atoms with Gasteiger partial charge in [-0.2, -0.15) is 5.10 Å². The van der Waals surface area contributed by atoms with Gasteiger partial charge in [0, 0.05) is 10.9 Å². The summed E-state index contributed by atoms with van der Waals surface area (Å²) in [5.74, 6) is -0.467. The molecule has 5 aromatic rings. The van der Waals surface area contributed by atoms with Gasteiger partial charge < -0.3 is 5.32 Å². The minimum Gasteiger partial charge on any atom is -0.345 e. The van der Waals surface area contributed by atoms with Crippen LogP contribution in [-0.4, -0.2) is 20.7 Å². The van der Waals surface area contributed by atoms with Gasteiger partial charge in [0.2, 0.25) is 0 Å². The van der Waals surface area contributed by atoms with Crippen LogP contribution in [0.15, 0.2) is 91.1 Å². The molecule has 5 nitrogen and oxygen atoms in total. The van der Waals surface area contributed by atoms with Crippen LogP contribution in [0.2, 0.25) is 0 Å². The Morgan fingerprint density at radius 1 is 0.971 bits per heavy atom. The van der Waals surface area contributed by atoms with Crippen molar-refractivity contribution in [2.75, 3.05) is 0 Å². The number of benzene rings is 3. The molecule has 0 saturated heterocycles. The van der Waals surface area contributed by atoms with Crippen LogP contribution in [0.3, 0.4) is 0 Å². The number of nitrogens with one attached hydrogen (secondary N) is 1. The Morgan fingerprint density at radius 2 is 1.68 bits per heavy atom. The van der Waals surface area contributed by atoms with Gasteiger partial charge in [-0.3, -0.25) is 4.79 Å². The third-order valence-corrected chi connectivity index (χ3v) is 5.96. The fourth-order valence-electron chi connectivity index (χ4n) is 4.10. The van der Waals surface area contributed by atoms with Crippen molar-refractivity contribution in [1.29, 1.82) is 0 Å². The van der Waals surface area contributed by atoms with E-state index in [1.54, 1.807) is 23.0 Å². The SMILES string of the molecule is Cc1c(-c2cc(C(=O)N[C@H](C)c3ccccc3)c3ccccc3n2)cnn1-c1ccc(F)cc1. The van der Waals surface area contributed by atoms with Gasteiger partial charge in [0.25, 0.3) is 5.91 Å². The summed E-state index contributed by atoms with van der Waals surface area (Å²) in [6.07, 6.45) is 1.73. The highest BCUT2D eigenvalue weighted by Gasteiger charge is 2.19. The van der Waals surface area contributed by atoms with Gasteiger partial charge in [-0.15, -0.1) is 0 Å². The van der Waals surface area contributed by atoms with Gasteiger partial charge in [0.05, 0.1) is 40.4 Å². The molecule has 0 fully saturated rings. The summed E-state index contributed by atoms with van der Waals surface area (Å²) in [6, 6.07) is 25.3. The molecule has 1 atom stereocenters. The smallest absolute Gasteiger partial charge is 0.252 e. The van der Waals surface area contributed by atoms with Crippen LogP contribution in [0, 0.1) is 12.7 Å². The number of para-hydroxylation sites is 1. The highest BCUT2D eigenvalue weighted by Crippen LogP contribution is 2.28. The van der Waals surface area contributed by atoms with Crippen LogP contribution in [0.5, 0.6) is 0 Å². The molecule has 0 unspecified atom stereocenters. The summed E-state index contributed by atoms with van der Waals surface area (Å²) in [4.78, 5) is 18.2. The number of aromatic nitrogens is 3. The number of carbonyl (C=O) groups excluding carboxylic acids is 1. The number of pyridine rings is 1. The molecule has 2 aromatic heterocycles. The van der Waals surface area contributed by atoms with E-state index < -0.39 is 0 Å². The quantitative estimate of drug-likeness (QED) is 0.356. The van der Waals surface area contributed by atoms with Crippen molar-refractivity contribution in [1.82, 2.24) is 20.1 Å². The van der Waals surface area contributed by atoms with Crippen molar-refractivity contribution in [3.05, 3.63) is 114 Å². The number of rotatable bonds is 5. The van der Waals surface area contributed by atoms with Crippen molar-refractivity contribution in [2.45, 2.75) is 19.9 Å². The summed E-state index contributed by atoms with van der Waals surface area (Å²) in [7, 11) is 0. The monoisotopic (exact) mass is 450 g/mol. The molecule has 34 heavy (non-hydrogen) atoms. The van der Waals surface area contributed by atoms with Crippen LogP contribution in [0.25, 0.3) is 27.8 Å². The van der Waals surface area contributed by atoms with Crippen molar-refractivity contribution < 1.29 is 9.18 Å². The van der Waals surface area contributed by atoms with E-state index in [1.807, 2.05) is 74.5 Å². The van der Waals surface area contributed by atoms with E-state index in [9.17, 15) is 9.18 Å². The molecule has 0 spiro atoms. The van der Waals surface area contributed by atoms with E-state index >= 15 is 0 Å². The number of fused-ring (bicyclic) bond motifs is 1. The fourth-order valence-corrected chi connectivity index (χ4v) is 4.10. The van der Waals surface area contributed by atoms with Crippen LogP contribution >= 0.6 is 0 Å². The summed E-state index contributed by atoms with van der Waals surface area (Å²) >= 11 is 0. The van der Waals surface area contributed by atoms with E-state index in [2.05, 4.69) is 10.4 Å². The number of hydrogen-bond acceptors (Lipinski definition) is 3. The van der Waals surface area contributed by atoms with Gasteiger partial charge in [-0.1, -0.05) is 48.5 Å². The average molecular weight is 451 g/mol. The van der Waals surface area contributed by atoms with Crippen molar-refractivity contribution in [2.24, 2.45) is 0 Å². The van der Waals surface area contributed by atoms with Crippen molar-refractivity contribution in [3.8, 4) is 16.9 Å². The number of hydrogen-bond donors (Lipinski definition) is 1.